The molecule has 0 bridgehead atoms. The van der Waals surface area contributed by atoms with Gasteiger partial charge in [0.25, 0.3) is 0 Å². The minimum Gasteiger partial charge on any atom is -0.461 e. The minimum absolute atomic E-state index is 0.155. The summed E-state index contributed by atoms with van der Waals surface area (Å²) in [6.07, 6.45) is 0.786. The van der Waals surface area contributed by atoms with E-state index in [1.807, 2.05) is 52.9 Å². The number of nitrogens with zero attached hydrogens (tertiary/aromatic N) is 1. The van der Waals surface area contributed by atoms with Gasteiger partial charge in [-0.25, -0.2) is 9.79 Å². The van der Waals surface area contributed by atoms with Crippen molar-refractivity contribution in [1.82, 2.24) is 0 Å². The summed E-state index contributed by atoms with van der Waals surface area (Å²) in [5.74, 6) is -0.884. The van der Waals surface area contributed by atoms with Gasteiger partial charge in [-0.1, -0.05) is 53.5 Å². The molecule has 0 atom stereocenters. The van der Waals surface area contributed by atoms with E-state index in [1.165, 1.54) is 0 Å². The zero-order valence-corrected chi connectivity index (χ0v) is 21.3. The number of benzene rings is 2. The second kappa shape index (κ2) is 11.8. The van der Waals surface area contributed by atoms with Crippen molar-refractivity contribution in [2.75, 3.05) is 0 Å². The molecule has 0 aliphatic heterocycles. The van der Waals surface area contributed by atoms with E-state index in [4.69, 9.17) is 32.7 Å². The van der Waals surface area contributed by atoms with Crippen molar-refractivity contribution in [1.29, 1.82) is 0 Å². The van der Waals surface area contributed by atoms with Crippen molar-refractivity contribution in [3.05, 3.63) is 61.6 Å². The summed E-state index contributed by atoms with van der Waals surface area (Å²) < 4.78 is 11.4. The maximum absolute atomic E-state index is 12.7. The number of ether oxygens (including phenoxy) is 2. The van der Waals surface area contributed by atoms with Gasteiger partial charge in [0.1, 0.15) is 17.9 Å². The summed E-state index contributed by atoms with van der Waals surface area (Å²) in [6, 6.07) is 12.7. The van der Waals surface area contributed by atoms with Gasteiger partial charge in [0.2, 0.25) is 0 Å². The Bertz CT molecular complexity index is 956. The van der Waals surface area contributed by atoms with Crippen LogP contribution in [-0.4, -0.2) is 23.3 Å². The van der Waals surface area contributed by atoms with Crippen molar-refractivity contribution in [2.45, 2.75) is 52.2 Å². The minimum atomic E-state index is -0.675. The third-order valence-electron chi connectivity index (χ3n) is 3.90. The lowest BCUT2D eigenvalue weighted by molar-refractivity contribution is -0.147. The van der Waals surface area contributed by atoms with Crippen LogP contribution < -0.4 is 0 Å². The molecule has 2 aromatic carbocycles. The summed E-state index contributed by atoms with van der Waals surface area (Å²) >= 11 is 14.3. The van der Waals surface area contributed by atoms with Crippen LogP contribution in [0.2, 0.25) is 10.0 Å². The van der Waals surface area contributed by atoms with E-state index in [1.54, 1.807) is 32.9 Å². The first-order chi connectivity index (χ1) is 14.5. The Labute approximate surface area is 206 Å². The fraction of sp³-hybridized carbons (Fsp3) is 0.348. The first-order valence-electron chi connectivity index (χ1n) is 9.70. The Morgan fingerprint density at radius 2 is 1.74 bits per heavy atom. The molecule has 0 spiro atoms. The average Bonchev–Trinajstić information content (AvgIpc) is 2.68. The lowest BCUT2D eigenvalue weighted by atomic mass is 10.1. The normalized spacial score (nSPS) is 11.9. The molecule has 0 unspecified atom stereocenters. The summed E-state index contributed by atoms with van der Waals surface area (Å²) in [7, 11) is 0. The van der Waals surface area contributed by atoms with Crippen LogP contribution in [0.15, 0.2) is 47.5 Å². The predicted molar refractivity (Wildman–Crippen MR) is 132 cm³/mol. The molecule has 166 valence electrons. The number of hydrogen-bond acceptors (Lipinski definition) is 5. The number of hydrogen-bond donors (Lipinski definition) is 0. The molecule has 0 saturated heterocycles. The van der Waals surface area contributed by atoms with Crippen molar-refractivity contribution in [2.24, 2.45) is 4.99 Å². The quantitative estimate of drug-likeness (QED) is 0.148. The molecule has 0 aliphatic rings. The monoisotopic (exact) mass is 575 g/mol. The van der Waals surface area contributed by atoms with E-state index in [9.17, 15) is 9.59 Å². The van der Waals surface area contributed by atoms with E-state index in [-0.39, 0.29) is 31.1 Å². The molecule has 0 aromatic heterocycles. The number of aliphatic imine (C=N–C) groups is 1. The van der Waals surface area contributed by atoms with Gasteiger partial charge in [-0.05, 0) is 73.9 Å². The molecule has 0 fully saturated rings. The molecule has 0 aliphatic carbocycles. The summed E-state index contributed by atoms with van der Waals surface area (Å²) in [4.78, 5) is 29.2. The van der Waals surface area contributed by atoms with Crippen LogP contribution in [0.25, 0.3) is 0 Å². The largest absolute Gasteiger partial charge is 0.461 e. The molecular formula is C23H24Cl2INO4. The van der Waals surface area contributed by atoms with Crippen molar-refractivity contribution >= 4 is 69.1 Å². The fourth-order valence-electron chi connectivity index (χ4n) is 2.52. The highest BCUT2D eigenvalue weighted by Crippen LogP contribution is 2.33. The maximum Gasteiger partial charge on any atom is 0.353 e. The maximum atomic E-state index is 12.7. The first kappa shape index (κ1) is 25.6. The van der Waals surface area contributed by atoms with E-state index >= 15 is 0 Å². The van der Waals surface area contributed by atoms with E-state index in [2.05, 4.69) is 4.99 Å². The van der Waals surface area contributed by atoms with E-state index < -0.39 is 11.6 Å². The molecule has 0 saturated carbocycles. The molecule has 0 radical (unpaired) electrons. The van der Waals surface area contributed by atoms with Crippen LogP contribution in [0.4, 0.5) is 5.69 Å². The zero-order chi connectivity index (χ0) is 23.0. The number of halogens is 3. The number of carbonyl (C=O) groups excluding carboxylic acids is 2. The Hall–Kier alpha value is -1.64. The molecule has 0 N–H and O–H groups in total. The van der Waals surface area contributed by atoms with Gasteiger partial charge in [-0.15, -0.1) is 0 Å². The second-order valence-electron chi connectivity index (χ2n) is 7.78. The first-order valence-corrected chi connectivity index (χ1v) is 11.5. The molecule has 5 nitrogen and oxygen atoms in total. The molecule has 0 heterocycles. The number of rotatable bonds is 8. The molecule has 0 amide bonds. The summed E-state index contributed by atoms with van der Waals surface area (Å²) in [6.45, 7) is 5.56. The van der Waals surface area contributed by atoms with Crippen LogP contribution in [0.3, 0.4) is 0 Å². The van der Waals surface area contributed by atoms with Crippen LogP contribution >= 0.6 is 45.8 Å². The Balaban J connectivity index is 2.07. The Kier molecular flexibility index (Phi) is 9.78. The number of carbonyl (C=O) groups is 2. The molecule has 2 aromatic rings. The highest BCUT2D eigenvalue weighted by Gasteiger charge is 2.22. The van der Waals surface area contributed by atoms with E-state index in [0.29, 0.717) is 25.7 Å². The lowest BCUT2D eigenvalue weighted by Crippen LogP contribution is -2.29. The third-order valence-corrected chi connectivity index (χ3v) is 5.87. The van der Waals surface area contributed by atoms with Crippen LogP contribution in [0.1, 0.15) is 45.6 Å². The SMILES string of the molecule is CC(C)(C)OC(=O)C(CCCC(=O)OCc1ccccc1)=Nc1cc(Cl)cc(Cl)c1I. The Morgan fingerprint density at radius 3 is 2.39 bits per heavy atom. The topological polar surface area (TPSA) is 65.0 Å². The van der Waals surface area contributed by atoms with Crippen molar-refractivity contribution in [3.8, 4) is 0 Å². The van der Waals surface area contributed by atoms with Crippen LogP contribution in [0, 0.1) is 3.57 Å². The predicted octanol–water partition coefficient (Wildman–Crippen LogP) is 6.93. The van der Waals surface area contributed by atoms with Crippen LogP contribution in [0.5, 0.6) is 0 Å². The standard InChI is InChI=1S/C23H24Cl2INO4/c1-23(2,3)31-22(29)18(27-19-13-16(24)12-17(25)21(19)26)10-7-11-20(28)30-14-15-8-5-4-6-9-15/h4-6,8-9,12-13H,7,10-11,14H2,1-3H3. The number of esters is 2. The molecule has 2 rings (SSSR count). The summed E-state index contributed by atoms with van der Waals surface area (Å²) in [5, 5.41) is 0.858. The second-order valence-corrected chi connectivity index (χ2v) is 9.70. The average molecular weight is 576 g/mol. The van der Waals surface area contributed by atoms with Crippen LogP contribution in [-0.2, 0) is 25.7 Å². The molecule has 8 heteroatoms. The van der Waals surface area contributed by atoms with Gasteiger partial charge in [0.05, 0.1) is 14.3 Å². The molecule has 31 heavy (non-hydrogen) atoms. The van der Waals surface area contributed by atoms with Crippen molar-refractivity contribution < 1.29 is 19.1 Å². The lowest BCUT2D eigenvalue weighted by Gasteiger charge is -2.20. The third kappa shape index (κ3) is 9.17. The Morgan fingerprint density at radius 1 is 1.06 bits per heavy atom. The van der Waals surface area contributed by atoms with Gasteiger partial charge in [0, 0.05) is 11.4 Å². The summed E-state index contributed by atoms with van der Waals surface area (Å²) in [5.41, 5.74) is 0.915. The highest BCUT2D eigenvalue weighted by atomic mass is 127. The molecular weight excluding hydrogens is 552 g/mol. The zero-order valence-electron chi connectivity index (χ0n) is 17.6. The van der Waals surface area contributed by atoms with Crippen molar-refractivity contribution in [3.63, 3.8) is 0 Å². The fourth-order valence-corrected chi connectivity index (χ4v) is 3.43. The van der Waals surface area contributed by atoms with Gasteiger partial charge in [-0.3, -0.25) is 4.79 Å². The van der Waals surface area contributed by atoms with E-state index in [0.717, 1.165) is 5.56 Å². The smallest absolute Gasteiger partial charge is 0.353 e. The highest BCUT2D eigenvalue weighted by molar-refractivity contribution is 14.1. The van der Waals surface area contributed by atoms with Gasteiger partial charge in [0.15, 0.2) is 0 Å². The van der Waals surface area contributed by atoms with Gasteiger partial charge in [-0.2, -0.15) is 0 Å². The van der Waals surface area contributed by atoms with Gasteiger partial charge >= 0.3 is 11.9 Å². The van der Waals surface area contributed by atoms with Gasteiger partial charge < -0.3 is 9.47 Å².